The highest BCUT2D eigenvalue weighted by atomic mass is 32.2. The van der Waals surface area contributed by atoms with Crippen LogP contribution in [0, 0.1) is 0 Å². The number of halogens is 3. The van der Waals surface area contributed by atoms with Crippen molar-refractivity contribution >= 4 is 16.0 Å². The third-order valence-corrected chi connectivity index (χ3v) is 6.69. The van der Waals surface area contributed by atoms with Gasteiger partial charge in [-0.1, -0.05) is 18.2 Å². The number of aromatic nitrogens is 2. The molecule has 0 fully saturated rings. The Morgan fingerprint density at radius 3 is 2.32 bits per heavy atom. The monoisotopic (exact) mass is 462 g/mol. The number of hydrogen-bond donors (Lipinski definition) is 1. The van der Waals surface area contributed by atoms with Gasteiger partial charge in [0.2, 0.25) is 10.0 Å². The van der Waals surface area contributed by atoms with Gasteiger partial charge in [-0.2, -0.15) is 17.5 Å². The van der Waals surface area contributed by atoms with Gasteiger partial charge in [0.15, 0.2) is 0 Å². The quantitative estimate of drug-likeness (QED) is 0.734. The van der Waals surface area contributed by atoms with E-state index in [0.717, 1.165) is 18.1 Å². The van der Waals surface area contributed by atoms with E-state index in [9.17, 15) is 21.6 Å². The molecule has 0 saturated carbocycles. The molecule has 0 amide bonds. The van der Waals surface area contributed by atoms with Gasteiger partial charge in [-0.15, -0.1) is 0 Å². The van der Waals surface area contributed by atoms with Gasteiger partial charge < -0.3 is 9.67 Å². The summed E-state index contributed by atoms with van der Waals surface area (Å²) in [5.74, 6) is -1.94. The summed E-state index contributed by atoms with van der Waals surface area (Å²) in [5, 5.41) is 7.12. The zero-order valence-corrected chi connectivity index (χ0v) is 18.2. The van der Waals surface area contributed by atoms with Crippen molar-refractivity contribution in [1.82, 2.24) is 18.8 Å². The molecular weight excluding hydrogens is 437 g/mol. The van der Waals surface area contributed by atoms with Crippen LogP contribution in [0.2, 0.25) is 0 Å². The summed E-state index contributed by atoms with van der Waals surface area (Å²) in [7, 11) is -1.38. The number of carboxylic acids is 1. The van der Waals surface area contributed by atoms with E-state index in [2.05, 4.69) is 35.3 Å². The first-order valence-electron chi connectivity index (χ1n) is 9.43. The van der Waals surface area contributed by atoms with Crippen LogP contribution in [0.4, 0.5) is 13.2 Å². The van der Waals surface area contributed by atoms with Gasteiger partial charge in [0.05, 0.1) is 17.1 Å². The van der Waals surface area contributed by atoms with Gasteiger partial charge in [0.25, 0.3) is 0 Å². The molecule has 12 heteroatoms. The summed E-state index contributed by atoms with van der Waals surface area (Å²) in [6.45, 7) is 6.56. The molecule has 1 aliphatic rings. The van der Waals surface area contributed by atoms with Crippen LogP contribution in [0.25, 0.3) is 0 Å². The lowest BCUT2D eigenvalue weighted by Gasteiger charge is -2.29. The summed E-state index contributed by atoms with van der Waals surface area (Å²) < 4.78 is 60.9. The minimum absolute atomic E-state index is 0.322. The van der Waals surface area contributed by atoms with Crippen LogP contribution >= 0.6 is 0 Å². The van der Waals surface area contributed by atoms with Crippen molar-refractivity contribution in [3.63, 3.8) is 0 Å². The molecule has 0 saturated heterocycles. The van der Waals surface area contributed by atoms with Crippen molar-refractivity contribution in [3.8, 4) is 0 Å². The summed E-state index contributed by atoms with van der Waals surface area (Å²) in [4.78, 5) is 15.9. The third-order valence-electron chi connectivity index (χ3n) is 4.83. The maximum absolute atomic E-state index is 12.8. The van der Waals surface area contributed by atoms with Gasteiger partial charge in [0.1, 0.15) is 5.82 Å². The highest BCUT2D eigenvalue weighted by Gasteiger charge is 2.38. The molecule has 1 aromatic carbocycles. The number of sulfonamides is 1. The van der Waals surface area contributed by atoms with E-state index in [-0.39, 0.29) is 0 Å². The highest BCUT2D eigenvalue weighted by molar-refractivity contribution is 7.89. The number of carboxylic acid groups (broad SMARTS) is 1. The Morgan fingerprint density at radius 2 is 1.81 bits per heavy atom. The molecule has 172 valence electrons. The topological polar surface area (TPSA) is 95.7 Å². The third kappa shape index (κ3) is 6.28. The van der Waals surface area contributed by atoms with E-state index >= 15 is 0 Å². The number of benzene rings is 1. The number of rotatable bonds is 5. The Labute approximate surface area is 179 Å². The van der Waals surface area contributed by atoms with Crippen LogP contribution in [-0.2, 0) is 34.5 Å². The molecule has 31 heavy (non-hydrogen) atoms. The first-order valence-corrected chi connectivity index (χ1v) is 10.9. The summed E-state index contributed by atoms with van der Waals surface area (Å²) in [6, 6.07) is 9.04. The standard InChI is InChI=1S/C17H24N4O2S.C2HF3O2/c1-14(2)19(3)12-15-11-18-17-13-20(9-10-21(15)17)24(22,23)16-7-5-4-6-8-16;3-2(4,5)1(6)7/h4-8,11,14H,9-10,12-13H2,1-3H3;(H,6,7). The molecule has 0 aliphatic carbocycles. The number of carbonyl (C=O) groups is 1. The van der Waals surface area contributed by atoms with Crippen molar-refractivity contribution in [1.29, 1.82) is 0 Å². The molecule has 0 spiro atoms. The summed E-state index contributed by atoms with van der Waals surface area (Å²) >= 11 is 0. The summed E-state index contributed by atoms with van der Waals surface area (Å²) in [5.41, 5.74) is 1.14. The smallest absolute Gasteiger partial charge is 0.475 e. The van der Waals surface area contributed by atoms with Crippen LogP contribution in [0.1, 0.15) is 25.4 Å². The number of imidazole rings is 1. The van der Waals surface area contributed by atoms with Gasteiger partial charge in [-0.3, -0.25) is 4.90 Å². The zero-order valence-electron chi connectivity index (χ0n) is 17.4. The van der Waals surface area contributed by atoms with Crippen LogP contribution in [0.5, 0.6) is 0 Å². The molecule has 1 aromatic heterocycles. The fraction of sp³-hybridized carbons (Fsp3) is 0.474. The highest BCUT2D eigenvalue weighted by Crippen LogP contribution is 2.22. The minimum atomic E-state index is -5.08. The lowest BCUT2D eigenvalue weighted by atomic mass is 10.3. The Kier molecular flexibility index (Phi) is 7.84. The molecule has 1 aliphatic heterocycles. The second kappa shape index (κ2) is 9.79. The minimum Gasteiger partial charge on any atom is -0.475 e. The molecule has 2 heterocycles. The van der Waals surface area contributed by atoms with Crippen LogP contribution in [-0.4, -0.2) is 64.1 Å². The number of fused-ring (bicyclic) bond motifs is 1. The van der Waals surface area contributed by atoms with Gasteiger partial charge >= 0.3 is 12.1 Å². The predicted molar refractivity (Wildman–Crippen MR) is 107 cm³/mol. The van der Waals surface area contributed by atoms with E-state index in [1.165, 1.54) is 4.31 Å². The van der Waals surface area contributed by atoms with Crippen LogP contribution in [0.3, 0.4) is 0 Å². The van der Waals surface area contributed by atoms with Crippen molar-refractivity contribution < 1.29 is 31.5 Å². The Hall–Kier alpha value is -2.44. The average Bonchev–Trinajstić information content (AvgIpc) is 3.10. The number of nitrogens with zero attached hydrogens (tertiary/aromatic N) is 4. The second-order valence-electron chi connectivity index (χ2n) is 7.28. The van der Waals surface area contributed by atoms with Gasteiger partial charge in [-0.05, 0) is 33.0 Å². The SMILES string of the molecule is CC(C)N(C)Cc1cnc2n1CCN(S(=O)(=O)c1ccccc1)C2.O=C(O)C(F)(F)F. The molecular formula is C19H25F3N4O4S. The van der Waals surface area contributed by atoms with Gasteiger partial charge in [0, 0.05) is 31.9 Å². The molecule has 8 nitrogen and oxygen atoms in total. The molecule has 0 unspecified atom stereocenters. The lowest BCUT2D eigenvalue weighted by Crippen LogP contribution is -2.39. The molecule has 2 aromatic rings. The maximum atomic E-state index is 12.8. The van der Waals surface area contributed by atoms with Crippen molar-refractivity contribution in [2.24, 2.45) is 0 Å². The largest absolute Gasteiger partial charge is 0.490 e. The molecule has 1 N–H and O–H groups in total. The van der Waals surface area contributed by atoms with E-state index < -0.39 is 22.2 Å². The lowest BCUT2D eigenvalue weighted by molar-refractivity contribution is -0.192. The van der Waals surface area contributed by atoms with E-state index in [0.29, 0.717) is 30.6 Å². The normalized spacial score (nSPS) is 14.8. The van der Waals surface area contributed by atoms with Crippen molar-refractivity contribution in [2.75, 3.05) is 13.6 Å². The van der Waals surface area contributed by atoms with E-state index in [4.69, 9.17) is 9.90 Å². The number of hydrogen-bond acceptors (Lipinski definition) is 5. The predicted octanol–water partition coefficient (Wildman–Crippen LogP) is 2.56. The Bertz CT molecular complexity index is 991. The average molecular weight is 462 g/mol. The Balaban J connectivity index is 0.000000423. The fourth-order valence-corrected chi connectivity index (χ4v) is 4.22. The van der Waals surface area contributed by atoms with Crippen molar-refractivity contribution in [3.05, 3.63) is 48.0 Å². The maximum Gasteiger partial charge on any atom is 0.490 e. The van der Waals surface area contributed by atoms with Crippen molar-refractivity contribution in [2.45, 2.75) is 50.6 Å². The van der Waals surface area contributed by atoms with Gasteiger partial charge in [-0.25, -0.2) is 18.2 Å². The zero-order chi connectivity index (χ0) is 23.4. The van der Waals surface area contributed by atoms with Crippen LogP contribution < -0.4 is 0 Å². The first-order chi connectivity index (χ1) is 14.3. The molecule has 0 radical (unpaired) electrons. The van der Waals surface area contributed by atoms with E-state index in [1.807, 2.05) is 12.3 Å². The fourth-order valence-electron chi connectivity index (χ4n) is 2.81. The van der Waals surface area contributed by atoms with E-state index in [1.54, 1.807) is 24.3 Å². The number of aliphatic carboxylic acids is 1. The number of alkyl halides is 3. The molecule has 0 atom stereocenters. The molecule has 0 bridgehead atoms. The second-order valence-corrected chi connectivity index (χ2v) is 9.22. The summed E-state index contributed by atoms with van der Waals surface area (Å²) in [6.07, 6.45) is -3.22. The molecule has 3 rings (SSSR count). The van der Waals surface area contributed by atoms with Crippen LogP contribution in [0.15, 0.2) is 41.4 Å². The Morgan fingerprint density at radius 1 is 1.23 bits per heavy atom. The first kappa shape index (κ1) is 24.8.